The number of carboxylic acid groups (broad SMARTS) is 1. The third-order valence-electron chi connectivity index (χ3n) is 3.52. The van der Waals surface area contributed by atoms with E-state index < -0.39 is 29.1 Å². The van der Waals surface area contributed by atoms with Crippen LogP contribution in [0.25, 0.3) is 16.9 Å². The second-order valence-corrected chi connectivity index (χ2v) is 5.44. The molecule has 1 aromatic carbocycles. The lowest BCUT2D eigenvalue weighted by atomic mass is 9.98. The van der Waals surface area contributed by atoms with E-state index in [1.807, 2.05) is 0 Å². The predicted octanol–water partition coefficient (Wildman–Crippen LogP) is 3.05. The van der Waals surface area contributed by atoms with Crippen LogP contribution in [0.5, 0.6) is 0 Å². The number of pyridine rings is 1. The van der Waals surface area contributed by atoms with Crippen LogP contribution < -0.4 is 0 Å². The van der Waals surface area contributed by atoms with Gasteiger partial charge in [0.15, 0.2) is 17.3 Å². The fourth-order valence-electron chi connectivity index (χ4n) is 2.50. The van der Waals surface area contributed by atoms with Crippen molar-refractivity contribution in [1.82, 2.24) is 20.0 Å². The van der Waals surface area contributed by atoms with E-state index in [4.69, 9.17) is 0 Å². The Bertz CT molecular complexity index is 969. The van der Waals surface area contributed by atoms with Gasteiger partial charge in [0, 0.05) is 23.9 Å². The van der Waals surface area contributed by atoms with Crippen LogP contribution in [-0.4, -0.2) is 31.1 Å². The topological polar surface area (TPSA) is 80.9 Å². The molecule has 1 N–H and O–H groups in total. The number of carboxylic acids is 1. The van der Waals surface area contributed by atoms with Gasteiger partial charge in [-0.25, -0.2) is 22.9 Å². The van der Waals surface area contributed by atoms with Crippen LogP contribution in [0.15, 0.2) is 18.3 Å². The van der Waals surface area contributed by atoms with Gasteiger partial charge in [0.05, 0.1) is 5.56 Å². The van der Waals surface area contributed by atoms with E-state index in [0.29, 0.717) is 11.6 Å². The average molecular weight is 336 g/mol. The molecule has 0 bridgehead atoms. The van der Waals surface area contributed by atoms with Crippen molar-refractivity contribution in [3.8, 4) is 5.69 Å². The second-order valence-electron chi connectivity index (χ2n) is 5.44. The molecule has 0 atom stereocenters. The number of aromatic carboxylic acids is 1. The molecule has 0 saturated carbocycles. The molecule has 0 amide bonds. The van der Waals surface area contributed by atoms with Crippen LogP contribution in [0.3, 0.4) is 0 Å². The van der Waals surface area contributed by atoms with E-state index in [-0.39, 0.29) is 22.6 Å². The van der Waals surface area contributed by atoms with E-state index in [0.717, 1.165) is 16.9 Å². The SMILES string of the molecule is CC(C)c1c(C(=O)O)cnc2c1nnn2-c1cc(F)cc(F)c1F. The standard InChI is InChI=1S/C15H11F3N4O2/c1-6(2)11-8(15(23)24)5-19-14-13(11)20-21-22(14)10-4-7(16)3-9(17)12(10)18/h3-6H,1-2H3,(H,23,24). The van der Waals surface area contributed by atoms with E-state index >= 15 is 0 Å². The molecule has 0 radical (unpaired) electrons. The van der Waals surface area contributed by atoms with E-state index in [1.165, 1.54) is 0 Å². The van der Waals surface area contributed by atoms with E-state index in [1.54, 1.807) is 13.8 Å². The Morgan fingerprint density at radius 2 is 1.96 bits per heavy atom. The Balaban J connectivity index is 2.34. The largest absolute Gasteiger partial charge is 0.478 e. The van der Waals surface area contributed by atoms with Crippen molar-refractivity contribution in [2.45, 2.75) is 19.8 Å². The number of fused-ring (bicyclic) bond motifs is 1. The normalized spacial score (nSPS) is 11.4. The zero-order chi connectivity index (χ0) is 17.6. The minimum atomic E-state index is -1.38. The molecular weight excluding hydrogens is 325 g/mol. The van der Waals surface area contributed by atoms with Crippen molar-refractivity contribution in [1.29, 1.82) is 0 Å². The summed E-state index contributed by atoms with van der Waals surface area (Å²) in [5.74, 6) is -5.09. The molecule has 0 saturated heterocycles. The lowest BCUT2D eigenvalue weighted by Gasteiger charge is -2.10. The molecule has 124 valence electrons. The Labute approximate surface area is 133 Å². The number of nitrogens with zero attached hydrogens (tertiary/aromatic N) is 4. The van der Waals surface area contributed by atoms with E-state index in [9.17, 15) is 23.1 Å². The molecule has 3 aromatic rings. The van der Waals surface area contributed by atoms with Crippen LogP contribution >= 0.6 is 0 Å². The number of benzene rings is 1. The van der Waals surface area contributed by atoms with Gasteiger partial charge in [0.1, 0.15) is 17.0 Å². The van der Waals surface area contributed by atoms with Gasteiger partial charge in [-0.3, -0.25) is 0 Å². The number of hydrogen-bond acceptors (Lipinski definition) is 4. The van der Waals surface area contributed by atoms with Crippen LogP contribution in [0.2, 0.25) is 0 Å². The molecule has 6 nitrogen and oxygen atoms in total. The van der Waals surface area contributed by atoms with Crippen molar-refractivity contribution in [2.24, 2.45) is 0 Å². The van der Waals surface area contributed by atoms with Gasteiger partial charge in [0.25, 0.3) is 0 Å². The number of aromatic nitrogens is 4. The molecule has 0 aliphatic heterocycles. The lowest BCUT2D eigenvalue weighted by molar-refractivity contribution is 0.0695. The maximum atomic E-state index is 14.0. The predicted molar refractivity (Wildman–Crippen MR) is 77.6 cm³/mol. The molecule has 2 heterocycles. The summed E-state index contributed by atoms with van der Waals surface area (Å²) in [6.07, 6.45) is 1.09. The Morgan fingerprint density at radius 3 is 2.58 bits per heavy atom. The summed E-state index contributed by atoms with van der Waals surface area (Å²) in [5.41, 5.74) is -0.0617. The second kappa shape index (κ2) is 5.59. The summed E-state index contributed by atoms with van der Waals surface area (Å²) < 4.78 is 41.7. The number of hydrogen-bond donors (Lipinski definition) is 1. The Hall–Kier alpha value is -2.97. The number of rotatable bonds is 3. The van der Waals surface area contributed by atoms with Crippen LogP contribution in [0, 0.1) is 17.5 Å². The molecule has 9 heteroatoms. The minimum Gasteiger partial charge on any atom is -0.478 e. The first kappa shape index (κ1) is 15.9. The quantitative estimate of drug-likeness (QED) is 0.744. The zero-order valence-corrected chi connectivity index (χ0v) is 12.6. The average Bonchev–Trinajstić information content (AvgIpc) is 2.93. The van der Waals surface area contributed by atoms with Crippen molar-refractivity contribution in [3.05, 3.63) is 46.9 Å². The molecule has 0 aliphatic rings. The first-order valence-corrected chi connectivity index (χ1v) is 6.93. The van der Waals surface area contributed by atoms with Crippen molar-refractivity contribution in [3.63, 3.8) is 0 Å². The maximum absolute atomic E-state index is 14.0. The van der Waals surface area contributed by atoms with Crippen LogP contribution in [0.4, 0.5) is 13.2 Å². The summed E-state index contributed by atoms with van der Waals surface area (Å²) in [5, 5.41) is 16.8. The van der Waals surface area contributed by atoms with Gasteiger partial charge in [-0.15, -0.1) is 5.10 Å². The molecule has 2 aromatic heterocycles. The molecular formula is C15H11F3N4O2. The van der Waals surface area contributed by atoms with Crippen LogP contribution in [-0.2, 0) is 0 Å². The van der Waals surface area contributed by atoms with Gasteiger partial charge >= 0.3 is 5.97 Å². The summed E-state index contributed by atoms with van der Waals surface area (Å²) >= 11 is 0. The van der Waals surface area contributed by atoms with Crippen molar-refractivity contribution < 1.29 is 23.1 Å². The van der Waals surface area contributed by atoms with Crippen molar-refractivity contribution in [2.75, 3.05) is 0 Å². The fraction of sp³-hybridized carbons (Fsp3) is 0.200. The Kier molecular flexibility index (Phi) is 3.70. The van der Waals surface area contributed by atoms with Gasteiger partial charge in [-0.1, -0.05) is 19.1 Å². The van der Waals surface area contributed by atoms with Gasteiger partial charge < -0.3 is 5.11 Å². The summed E-state index contributed by atoms with van der Waals surface area (Å²) in [7, 11) is 0. The molecule has 24 heavy (non-hydrogen) atoms. The van der Waals surface area contributed by atoms with E-state index in [2.05, 4.69) is 15.3 Å². The van der Waals surface area contributed by atoms with Gasteiger partial charge in [-0.2, -0.15) is 4.68 Å². The zero-order valence-electron chi connectivity index (χ0n) is 12.6. The highest BCUT2D eigenvalue weighted by molar-refractivity contribution is 5.94. The molecule has 0 aliphatic carbocycles. The minimum absolute atomic E-state index is 0.00704. The lowest BCUT2D eigenvalue weighted by Crippen LogP contribution is -2.08. The third-order valence-corrected chi connectivity index (χ3v) is 3.52. The van der Waals surface area contributed by atoms with Crippen LogP contribution in [0.1, 0.15) is 35.7 Å². The number of carbonyl (C=O) groups is 1. The summed E-state index contributed by atoms with van der Waals surface area (Å²) in [4.78, 5) is 15.3. The monoisotopic (exact) mass is 336 g/mol. The Morgan fingerprint density at radius 1 is 1.25 bits per heavy atom. The maximum Gasteiger partial charge on any atom is 0.337 e. The summed E-state index contributed by atoms with van der Waals surface area (Å²) in [6, 6.07) is 1.17. The first-order valence-electron chi connectivity index (χ1n) is 6.93. The highest BCUT2D eigenvalue weighted by Gasteiger charge is 2.23. The fourth-order valence-corrected chi connectivity index (χ4v) is 2.50. The third kappa shape index (κ3) is 2.38. The highest BCUT2D eigenvalue weighted by atomic mass is 19.2. The highest BCUT2D eigenvalue weighted by Crippen LogP contribution is 2.28. The first-order chi connectivity index (χ1) is 11.3. The van der Waals surface area contributed by atoms with Gasteiger partial charge in [-0.05, 0) is 5.92 Å². The van der Waals surface area contributed by atoms with Gasteiger partial charge in [0.2, 0.25) is 0 Å². The molecule has 0 fully saturated rings. The number of halogens is 3. The smallest absolute Gasteiger partial charge is 0.337 e. The molecule has 3 rings (SSSR count). The van der Waals surface area contributed by atoms with Crippen molar-refractivity contribution >= 4 is 17.1 Å². The molecule has 0 spiro atoms. The summed E-state index contributed by atoms with van der Waals surface area (Å²) in [6.45, 7) is 3.51. The molecule has 0 unspecified atom stereocenters.